The molecule has 30 heavy (non-hydrogen) atoms. The molecule has 0 aromatic heterocycles. The number of hydrogen-bond acceptors (Lipinski definition) is 8. The van der Waals surface area contributed by atoms with Gasteiger partial charge in [0, 0.05) is 6.54 Å². The Kier molecular flexibility index (Phi) is 12.1. The minimum absolute atomic E-state index is 0.0290. The number of carbonyl (C=O) groups excluding carboxylic acids is 4. The number of carboxylic acids is 1. The molecule has 3 unspecified atom stereocenters. The van der Waals surface area contributed by atoms with E-state index in [-0.39, 0.29) is 25.3 Å². The Morgan fingerprint density at radius 2 is 1.60 bits per heavy atom. The molecule has 13 N–H and O–H groups in total. The molecule has 0 spiro atoms. The van der Waals surface area contributed by atoms with E-state index in [9.17, 15) is 24.0 Å². The summed E-state index contributed by atoms with van der Waals surface area (Å²) in [4.78, 5) is 61.5. The van der Waals surface area contributed by atoms with Crippen LogP contribution >= 0.6 is 0 Å². The maximum atomic E-state index is 12.3. The molecule has 0 fully saturated rings. The molecule has 4 amide bonds. The van der Waals surface area contributed by atoms with E-state index in [0.717, 1.165) is 0 Å². The summed E-state index contributed by atoms with van der Waals surface area (Å²) in [6.07, 6.45) is -0.134. The van der Waals surface area contributed by atoms with Crippen LogP contribution in [-0.2, 0) is 24.0 Å². The number of aliphatic carboxylic acids is 1. The molecule has 0 aromatic carbocycles. The highest BCUT2D eigenvalue weighted by atomic mass is 16.4. The number of carbonyl (C=O) groups is 5. The highest BCUT2D eigenvalue weighted by Gasteiger charge is 2.26. The maximum Gasteiger partial charge on any atom is 0.328 e. The Morgan fingerprint density at radius 3 is 2.10 bits per heavy atom. The molecule has 0 rings (SSSR count). The zero-order valence-electron chi connectivity index (χ0n) is 16.2. The first-order valence-corrected chi connectivity index (χ1v) is 8.78. The number of aliphatic imine (C=N–C) groups is 1. The number of nitrogens with one attached hydrogen (secondary N) is 3. The van der Waals surface area contributed by atoms with Crippen LogP contribution < -0.4 is 38.9 Å². The third kappa shape index (κ3) is 11.4. The second-order valence-electron chi connectivity index (χ2n) is 6.15. The van der Waals surface area contributed by atoms with Gasteiger partial charge in [-0.2, -0.15) is 0 Å². The molecule has 0 aliphatic carbocycles. The van der Waals surface area contributed by atoms with Crippen molar-refractivity contribution in [3.8, 4) is 0 Å². The smallest absolute Gasteiger partial charge is 0.328 e. The standard InChI is InChI=1S/C15H28N8O7/c16-7(4-10(17)25)12(27)21-5-11(26)22-8(2-1-3-20-15(18)19)13(28)23-9(6-24)14(29)30/h7-9,24H,1-6,16H2,(H2,17,25)(H,21,27)(H,22,26)(H,23,28)(H,29,30)(H4,18,19,20). The molecule has 0 heterocycles. The van der Waals surface area contributed by atoms with Crippen LogP contribution in [0, 0.1) is 0 Å². The van der Waals surface area contributed by atoms with Crippen LogP contribution in [0.5, 0.6) is 0 Å². The molecular formula is C15H28N8O7. The molecule has 0 saturated heterocycles. The van der Waals surface area contributed by atoms with Crippen LogP contribution in [0.3, 0.4) is 0 Å². The minimum Gasteiger partial charge on any atom is -0.480 e. The summed E-state index contributed by atoms with van der Waals surface area (Å²) in [6, 6.07) is -4.01. The second-order valence-corrected chi connectivity index (χ2v) is 6.15. The number of hydrogen-bond donors (Lipinski definition) is 9. The van der Waals surface area contributed by atoms with Crippen molar-refractivity contribution in [2.45, 2.75) is 37.4 Å². The number of guanidine groups is 1. The lowest BCUT2D eigenvalue weighted by Gasteiger charge is -2.21. The summed E-state index contributed by atoms with van der Waals surface area (Å²) >= 11 is 0. The van der Waals surface area contributed by atoms with Crippen LogP contribution in [0.25, 0.3) is 0 Å². The lowest BCUT2D eigenvalue weighted by atomic mass is 10.1. The first-order chi connectivity index (χ1) is 14.0. The lowest BCUT2D eigenvalue weighted by molar-refractivity contribution is -0.143. The molecule has 15 nitrogen and oxygen atoms in total. The zero-order valence-corrected chi connectivity index (χ0v) is 16.2. The first-order valence-electron chi connectivity index (χ1n) is 8.78. The van der Waals surface area contributed by atoms with Gasteiger partial charge >= 0.3 is 5.97 Å². The third-order valence-corrected chi connectivity index (χ3v) is 3.58. The van der Waals surface area contributed by atoms with Gasteiger partial charge in [-0.25, -0.2) is 4.79 Å². The van der Waals surface area contributed by atoms with E-state index < -0.39 is 67.3 Å². The fourth-order valence-electron chi connectivity index (χ4n) is 2.08. The topological polar surface area (TPSA) is 278 Å². The zero-order chi connectivity index (χ0) is 23.3. The second kappa shape index (κ2) is 13.7. The first kappa shape index (κ1) is 26.5. The molecule has 0 bridgehead atoms. The SMILES string of the molecule is NC(=O)CC(N)C(=O)NCC(=O)NC(CCCN=C(N)N)C(=O)NC(CO)C(=O)O. The summed E-state index contributed by atoms with van der Waals surface area (Å²) in [5, 5.41) is 24.5. The lowest BCUT2D eigenvalue weighted by Crippen LogP contribution is -2.54. The van der Waals surface area contributed by atoms with Crippen molar-refractivity contribution in [1.29, 1.82) is 0 Å². The fourth-order valence-corrected chi connectivity index (χ4v) is 2.08. The van der Waals surface area contributed by atoms with Crippen molar-refractivity contribution in [3.05, 3.63) is 0 Å². The predicted octanol–water partition coefficient (Wildman–Crippen LogP) is -5.59. The highest BCUT2D eigenvalue weighted by molar-refractivity contribution is 5.93. The number of aliphatic hydroxyl groups is 1. The maximum absolute atomic E-state index is 12.3. The number of rotatable bonds is 14. The van der Waals surface area contributed by atoms with E-state index in [0.29, 0.717) is 0 Å². The predicted molar refractivity (Wildman–Crippen MR) is 103 cm³/mol. The summed E-state index contributed by atoms with van der Waals surface area (Å²) in [7, 11) is 0. The average Bonchev–Trinajstić information content (AvgIpc) is 2.65. The Labute approximate surface area is 171 Å². The minimum atomic E-state index is -1.57. The molecular weight excluding hydrogens is 404 g/mol. The Bertz CT molecular complexity index is 665. The molecule has 0 aromatic rings. The number of nitrogens with two attached hydrogens (primary N) is 4. The van der Waals surface area contributed by atoms with E-state index in [1.54, 1.807) is 0 Å². The average molecular weight is 432 g/mol. The van der Waals surface area contributed by atoms with Crippen LogP contribution in [-0.4, -0.2) is 83.6 Å². The van der Waals surface area contributed by atoms with E-state index in [1.807, 2.05) is 0 Å². The van der Waals surface area contributed by atoms with Crippen LogP contribution in [0.4, 0.5) is 0 Å². The van der Waals surface area contributed by atoms with Gasteiger partial charge in [0.1, 0.15) is 12.1 Å². The normalized spacial score (nSPS) is 13.3. The molecule has 15 heteroatoms. The highest BCUT2D eigenvalue weighted by Crippen LogP contribution is 2.00. The number of amides is 4. The quantitative estimate of drug-likeness (QED) is 0.0712. The third-order valence-electron chi connectivity index (χ3n) is 3.58. The molecule has 0 aliphatic heterocycles. The molecule has 3 atom stereocenters. The monoisotopic (exact) mass is 432 g/mol. The number of nitrogens with zero attached hydrogens (tertiary/aromatic N) is 1. The van der Waals surface area contributed by atoms with Gasteiger partial charge < -0.3 is 49.1 Å². The van der Waals surface area contributed by atoms with Gasteiger partial charge in [-0.1, -0.05) is 0 Å². The van der Waals surface area contributed by atoms with Crippen molar-refractivity contribution in [1.82, 2.24) is 16.0 Å². The summed E-state index contributed by atoms with van der Waals surface area (Å²) in [6.45, 7) is -1.28. The van der Waals surface area contributed by atoms with Crippen LogP contribution in [0.2, 0.25) is 0 Å². The van der Waals surface area contributed by atoms with Crippen molar-refractivity contribution < 1.29 is 34.2 Å². The van der Waals surface area contributed by atoms with Gasteiger partial charge in [-0.05, 0) is 12.8 Å². The van der Waals surface area contributed by atoms with Crippen LogP contribution in [0.15, 0.2) is 4.99 Å². The van der Waals surface area contributed by atoms with E-state index in [4.69, 9.17) is 33.1 Å². The summed E-state index contributed by atoms with van der Waals surface area (Å²) in [5.74, 6) is -4.88. The van der Waals surface area contributed by atoms with E-state index in [1.165, 1.54) is 0 Å². The van der Waals surface area contributed by atoms with Crippen molar-refractivity contribution in [2.24, 2.45) is 27.9 Å². The fraction of sp³-hybridized carbons (Fsp3) is 0.600. The Balaban J connectivity index is 4.91. The van der Waals surface area contributed by atoms with Crippen LogP contribution in [0.1, 0.15) is 19.3 Å². The van der Waals surface area contributed by atoms with E-state index >= 15 is 0 Å². The van der Waals surface area contributed by atoms with Gasteiger partial charge in [0.05, 0.1) is 25.6 Å². The number of aliphatic hydroxyl groups excluding tert-OH is 1. The molecule has 170 valence electrons. The van der Waals surface area contributed by atoms with Crippen molar-refractivity contribution in [2.75, 3.05) is 19.7 Å². The van der Waals surface area contributed by atoms with Gasteiger partial charge in [-0.3, -0.25) is 24.2 Å². The van der Waals surface area contributed by atoms with Gasteiger partial charge in [-0.15, -0.1) is 0 Å². The molecule has 0 aliphatic rings. The Hall–Kier alpha value is -3.46. The molecule has 0 saturated carbocycles. The van der Waals surface area contributed by atoms with E-state index in [2.05, 4.69) is 20.9 Å². The summed E-state index contributed by atoms with van der Waals surface area (Å²) in [5.41, 5.74) is 20.8. The number of carboxylic acid groups (broad SMARTS) is 1. The van der Waals surface area contributed by atoms with Crippen molar-refractivity contribution in [3.63, 3.8) is 0 Å². The Morgan fingerprint density at radius 1 is 0.967 bits per heavy atom. The van der Waals surface area contributed by atoms with Gasteiger partial charge in [0.25, 0.3) is 0 Å². The van der Waals surface area contributed by atoms with Gasteiger partial charge in [0.2, 0.25) is 23.6 Å². The molecule has 0 radical (unpaired) electrons. The summed E-state index contributed by atoms with van der Waals surface area (Å²) < 4.78 is 0. The van der Waals surface area contributed by atoms with Crippen molar-refractivity contribution >= 4 is 35.6 Å². The van der Waals surface area contributed by atoms with Gasteiger partial charge in [0.15, 0.2) is 5.96 Å². The number of primary amides is 1. The largest absolute Gasteiger partial charge is 0.480 e.